The average Bonchev–Trinajstić information content (AvgIpc) is 3.22. The van der Waals surface area contributed by atoms with Crippen LogP contribution < -0.4 is 9.47 Å². The van der Waals surface area contributed by atoms with E-state index in [1.54, 1.807) is 37.4 Å². The third kappa shape index (κ3) is 13.5. The number of halogens is 10. The van der Waals surface area contributed by atoms with Gasteiger partial charge in [0.15, 0.2) is 0 Å². The first-order valence-corrected chi connectivity index (χ1v) is 22.1. The van der Waals surface area contributed by atoms with Crippen LogP contribution in [-0.4, -0.2) is 115 Å². The lowest BCUT2D eigenvalue weighted by Gasteiger charge is -2.26. The molecule has 5 heterocycles. The molecule has 0 spiro atoms. The summed E-state index contributed by atoms with van der Waals surface area (Å²) in [7, 11) is 1.54. The molecular weight excluding hydrogens is 985 g/mol. The minimum absolute atomic E-state index is 0.0370. The average molecular weight is 1020 g/mol. The van der Waals surface area contributed by atoms with Crippen LogP contribution in [0.25, 0.3) is 32.7 Å². The minimum atomic E-state index is -0.0370. The van der Waals surface area contributed by atoms with E-state index in [9.17, 15) is 5.11 Å². The number of phenols is 1. The topological polar surface area (TPSA) is 102 Å². The fraction of sp³-hybridized carbons (Fsp3) is 0.325. The summed E-state index contributed by atoms with van der Waals surface area (Å²) >= 11 is 59.4. The molecule has 0 aliphatic carbocycles. The number of pyridine rings is 3. The third-order valence-corrected chi connectivity index (χ3v) is 11.7. The Labute approximate surface area is 397 Å². The van der Waals surface area contributed by atoms with Crippen molar-refractivity contribution in [3.05, 3.63) is 100 Å². The molecule has 2 aliphatic rings. The van der Waals surface area contributed by atoms with E-state index in [0.717, 1.165) is 82.3 Å². The number of benzene rings is 3. The molecule has 2 fully saturated rings. The summed E-state index contributed by atoms with van der Waals surface area (Å²) in [6.45, 7) is 9.65. The molecule has 0 saturated carbocycles. The van der Waals surface area contributed by atoms with Crippen LogP contribution in [0.2, 0.25) is 45.6 Å². The van der Waals surface area contributed by atoms with Gasteiger partial charge < -0.3 is 24.1 Å². The molecule has 322 valence electrons. The van der Waals surface area contributed by atoms with Gasteiger partial charge in [-0.15, -0.1) is 11.6 Å². The number of hydrogen-bond donors (Lipinski definition) is 1. The maximum Gasteiger partial charge on any atom is 0.140 e. The SMILES string of the molecule is COc1ccc2c(Cl)cc(Cl)nc2c1Cl.ClCCN1CCOCC1.Clc1cc(Cl)c2ccc(OCCN3CCOCC3)c(Cl)c2n1.Oc1ccc2c(Cl)cc(Cl)nc2c1Cl. The molecule has 3 aromatic heterocycles. The number of aromatic hydroxyl groups is 1. The first kappa shape index (κ1) is 49.1. The Hall–Kier alpha value is -1.97. The zero-order chi connectivity index (χ0) is 43.3. The highest BCUT2D eigenvalue weighted by atomic mass is 35.5. The number of nitrogens with zero attached hydrogens (tertiary/aromatic N) is 5. The fourth-order valence-electron chi connectivity index (χ4n) is 5.84. The molecule has 2 aliphatic heterocycles. The fourth-order valence-corrected chi connectivity index (χ4v) is 8.35. The van der Waals surface area contributed by atoms with Crippen molar-refractivity contribution in [2.24, 2.45) is 0 Å². The number of aromatic nitrogens is 3. The van der Waals surface area contributed by atoms with E-state index >= 15 is 0 Å². The monoisotopic (exact) mass is 1020 g/mol. The molecule has 20 heteroatoms. The molecule has 10 nitrogen and oxygen atoms in total. The standard InChI is InChI=1S/C15H15Cl3N2O2.C10H6Cl3NO.C9H4Cl3NO.C6H12ClNO/c16-11-9-13(17)19-15-10(11)1-2-12(14(15)18)22-8-5-20-3-6-21-7-4-20;1-15-7-3-2-5-6(11)4-8(12)14-10(5)9(7)13;10-5-3-7(11)13-9-4(5)1-2-6(14)8(9)12;7-1-2-8-3-5-9-6-4-8/h1-2,9H,3-8H2;2-4H,1H3;1-3,14H;1-6H2. The van der Waals surface area contributed by atoms with Crippen LogP contribution in [0.4, 0.5) is 0 Å². The van der Waals surface area contributed by atoms with Gasteiger partial charge in [-0.2, -0.15) is 0 Å². The van der Waals surface area contributed by atoms with Crippen LogP contribution in [-0.2, 0) is 9.47 Å². The minimum Gasteiger partial charge on any atom is -0.506 e. The smallest absolute Gasteiger partial charge is 0.140 e. The Kier molecular flexibility index (Phi) is 19.8. The lowest BCUT2D eigenvalue weighted by Crippen LogP contribution is -2.38. The number of rotatable bonds is 7. The number of fused-ring (bicyclic) bond motifs is 3. The van der Waals surface area contributed by atoms with Crippen LogP contribution in [0.3, 0.4) is 0 Å². The van der Waals surface area contributed by atoms with Crippen molar-refractivity contribution in [2.45, 2.75) is 0 Å². The van der Waals surface area contributed by atoms with Gasteiger partial charge in [0.2, 0.25) is 0 Å². The first-order valence-electron chi connectivity index (χ1n) is 18.2. The molecule has 6 aromatic rings. The second-order valence-corrected chi connectivity index (χ2v) is 16.7. The molecule has 0 amide bonds. The zero-order valence-electron chi connectivity index (χ0n) is 31.8. The van der Waals surface area contributed by atoms with Gasteiger partial charge in [0.25, 0.3) is 0 Å². The predicted octanol–water partition coefficient (Wildman–Crippen LogP) is 12.6. The van der Waals surface area contributed by atoms with Crippen molar-refractivity contribution in [1.29, 1.82) is 0 Å². The lowest BCUT2D eigenvalue weighted by molar-refractivity contribution is 0.0322. The van der Waals surface area contributed by atoms with Crippen molar-refractivity contribution >= 4 is 149 Å². The molecule has 2 saturated heterocycles. The molecule has 0 unspecified atom stereocenters. The summed E-state index contributed by atoms with van der Waals surface area (Å²) in [5.74, 6) is 1.84. The highest BCUT2D eigenvalue weighted by molar-refractivity contribution is 6.43. The zero-order valence-corrected chi connectivity index (χ0v) is 39.3. The maximum absolute atomic E-state index is 9.34. The van der Waals surface area contributed by atoms with Crippen LogP contribution in [0.15, 0.2) is 54.6 Å². The summed E-state index contributed by atoms with van der Waals surface area (Å²) in [4.78, 5) is 16.9. The van der Waals surface area contributed by atoms with Gasteiger partial charge in [0.1, 0.15) is 54.4 Å². The van der Waals surface area contributed by atoms with Crippen molar-refractivity contribution in [1.82, 2.24) is 24.8 Å². The van der Waals surface area contributed by atoms with Crippen LogP contribution in [0, 0.1) is 0 Å². The number of ether oxygens (including phenoxy) is 4. The largest absolute Gasteiger partial charge is 0.506 e. The predicted molar refractivity (Wildman–Crippen MR) is 249 cm³/mol. The molecule has 8 rings (SSSR count). The van der Waals surface area contributed by atoms with Crippen LogP contribution in [0.1, 0.15) is 0 Å². The number of phenolic OH excluding ortho intramolecular Hbond substituents is 1. The van der Waals surface area contributed by atoms with Gasteiger partial charge in [-0.1, -0.05) is 104 Å². The van der Waals surface area contributed by atoms with E-state index in [4.69, 9.17) is 135 Å². The van der Waals surface area contributed by atoms with Crippen molar-refractivity contribution in [3.8, 4) is 17.2 Å². The first-order chi connectivity index (χ1) is 28.8. The van der Waals surface area contributed by atoms with Gasteiger partial charge in [-0.3, -0.25) is 9.80 Å². The van der Waals surface area contributed by atoms with Crippen LogP contribution >= 0.6 is 116 Å². The van der Waals surface area contributed by atoms with Gasteiger partial charge in [0, 0.05) is 61.3 Å². The normalized spacial score (nSPS) is 14.4. The number of morpholine rings is 2. The summed E-state index contributed by atoms with van der Waals surface area (Å²) in [5, 5.41) is 14.9. The quantitative estimate of drug-likeness (QED) is 0.123. The summed E-state index contributed by atoms with van der Waals surface area (Å²) in [6, 6.07) is 15.0. The number of hydrogen-bond acceptors (Lipinski definition) is 10. The van der Waals surface area contributed by atoms with Gasteiger partial charge in [0.05, 0.1) is 65.2 Å². The van der Waals surface area contributed by atoms with E-state index in [0.29, 0.717) is 75.5 Å². The highest BCUT2D eigenvalue weighted by Gasteiger charge is 2.15. The van der Waals surface area contributed by atoms with E-state index in [2.05, 4.69) is 24.8 Å². The summed E-state index contributed by atoms with van der Waals surface area (Å²) in [6.07, 6.45) is 0. The second-order valence-electron chi connectivity index (χ2n) is 12.8. The Morgan fingerprint density at radius 1 is 0.567 bits per heavy atom. The third-order valence-electron chi connectivity index (χ3n) is 8.92. The summed E-state index contributed by atoms with van der Waals surface area (Å²) in [5.41, 5.74) is 1.51. The Bertz CT molecular complexity index is 2380. The summed E-state index contributed by atoms with van der Waals surface area (Å²) < 4.78 is 21.3. The molecule has 0 radical (unpaired) electrons. The van der Waals surface area contributed by atoms with E-state index < -0.39 is 0 Å². The van der Waals surface area contributed by atoms with Crippen molar-refractivity contribution < 1.29 is 24.1 Å². The number of alkyl halides is 1. The second kappa shape index (κ2) is 24.2. The molecular formula is C40H37Cl10N5O5. The Morgan fingerprint density at radius 3 is 1.42 bits per heavy atom. The van der Waals surface area contributed by atoms with Gasteiger partial charge >= 0.3 is 0 Å². The molecule has 3 aromatic carbocycles. The van der Waals surface area contributed by atoms with Crippen LogP contribution in [0.5, 0.6) is 17.2 Å². The Morgan fingerprint density at radius 2 is 0.967 bits per heavy atom. The molecule has 0 bridgehead atoms. The van der Waals surface area contributed by atoms with E-state index in [-0.39, 0.29) is 15.9 Å². The maximum atomic E-state index is 9.34. The molecule has 0 atom stereocenters. The number of methoxy groups -OCH3 is 1. The van der Waals surface area contributed by atoms with Gasteiger partial charge in [-0.05, 0) is 54.6 Å². The van der Waals surface area contributed by atoms with Crippen molar-refractivity contribution in [2.75, 3.05) is 85.3 Å². The Balaban J connectivity index is 0.000000159. The highest BCUT2D eigenvalue weighted by Crippen LogP contribution is 2.38. The van der Waals surface area contributed by atoms with Crippen molar-refractivity contribution in [3.63, 3.8) is 0 Å². The lowest BCUT2D eigenvalue weighted by atomic mass is 10.2. The molecule has 1 N–H and O–H groups in total. The molecule has 60 heavy (non-hydrogen) atoms. The van der Waals surface area contributed by atoms with E-state index in [1.807, 2.05) is 12.1 Å². The van der Waals surface area contributed by atoms with Gasteiger partial charge in [-0.25, -0.2) is 15.0 Å². The van der Waals surface area contributed by atoms with E-state index in [1.165, 1.54) is 12.1 Å².